The number of alkyl halides is 3. The minimum atomic E-state index is -4.96. The Labute approximate surface area is 207 Å². The average Bonchev–Trinajstić information content (AvgIpc) is 3.30. The van der Waals surface area contributed by atoms with Gasteiger partial charge in [0.25, 0.3) is 5.56 Å². The summed E-state index contributed by atoms with van der Waals surface area (Å²) in [6.45, 7) is 3.54. The molecule has 2 aromatic rings. The van der Waals surface area contributed by atoms with Crippen LogP contribution in [0, 0.1) is 5.82 Å². The van der Waals surface area contributed by atoms with Gasteiger partial charge in [-0.15, -0.1) is 11.8 Å². The van der Waals surface area contributed by atoms with Crippen molar-refractivity contribution >= 4 is 29.3 Å². The molecule has 1 aliphatic heterocycles. The fourth-order valence-electron chi connectivity index (χ4n) is 3.75. The van der Waals surface area contributed by atoms with E-state index in [1.54, 1.807) is 0 Å². The first kappa shape index (κ1) is 27.3. The highest BCUT2D eigenvalue weighted by Gasteiger charge is 2.38. The molecule has 2 atom stereocenters. The van der Waals surface area contributed by atoms with E-state index in [9.17, 15) is 31.9 Å². The van der Waals surface area contributed by atoms with E-state index in [-0.39, 0.29) is 33.6 Å². The minimum absolute atomic E-state index is 0.0862. The predicted molar refractivity (Wildman–Crippen MR) is 122 cm³/mol. The van der Waals surface area contributed by atoms with E-state index in [0.717, 1.165) is 43.8 Å². The Balaban J connectivity index is 1.99. The fraction of sp³-hybridized carbons (Fsp3) is 0.500. The lowest BCUT2D eigenvalue weighted by molar-refractivity contribution is -0.146. The van der Waals surface area contributed by atoms with Crippen molar-refractivity contribution in [3.63, 3.8) is 0 Å². The van der Waals surface area contributed by atoms with Gasteiger partial charge in [-0.2, -0.15) is 13.2 Å². The molecule has 1 aliphatic rings. The van der Waals surface area contributed by atoms with Crippen molar-refractivity contribution in [1.82, 2.24) is 9.13 Å². The molecular weight excluding hydrogens is 516 g/mol. The Morgan fingerprint density at radius 3 is 2.60 bits per heavy atom. The number of esters is 1. The van der Waals surface area contributed by atoms with Gasteiger partial charge in [-0.3, -0.25) is 14.2 Å². The average molecular weight is 539 g/mol. The molecule has 0 N–H and O–H groups in total. The van der Waals surface area contributed by atoms with E-state index < -0.39 is 51.4 Å². The van der Waals surface area contributed by atoms with Crippen molar-refractivity contribution in [3.05, 3.63) is 55.1 Å². The largest absolute Gasteiger partial charge is 0.462 e. The second-order valence-electron chi connectivity index (χ2n) is 7.92. The van der Waals surface area contributed by atoms with Gasteiger partial charge >= 0.3 is 17.8 Å². The Morgan fingerprint density at radius 1 is 1.34 bits per heavy atom. The second-order valence-corrected chi connectivity index (χ2v) is 9.71. The van der Waals surface area contributed by atoms with Gasteiger partial charge < -0.3 is 9.47 Å². The molecule has 13 heteroatoms. The standard InChI is InChI=1S/C22H23ClF4N2O5S/c1-4-13-18(22(25,26)27)28(3)21(32)29(19(13)30)16-9-17(14(23)8-15(16)24)35-11(2)20(31)34-10-12-6-5-7-33-12/h8-9,11-12H,4-7,10H2,1-3H3. The summed E-state index contributed by atoms with van der Waals surface area (Å²) in [7, 11) is 0.857. The number of nitrogens with zero attached hydrogens (tertiary/aromatic N) is 2. The number of thioether (sulfide) groups is 1. The third-order valence-corrected chi connectivity index (χ3v) is 7.06. The SMILES string of the molecule is CCc1c(C(F)(F)F)n(C)c(=O)n(-c2cc(SC(C)C(=O)OCC3CCCO3)c(Cl)cc2F)c1=O. The lowest BCUT2D eigenvalue weighted by atomic mass is 10.1. The summed E-state index contributed by atoms with van der Waals surface area (Å²) in [6.07, 6.45) is -3.82. The number of carbonyl (C=O) groups is 1. The number of hydrogen-bond donors (Lipinski definition) is 0. The van der Waals surface area contributed by atoms with Crippen molar-refractivity contribution in [2.24, 2.45) is 7.05 Å². The normalized spacial score (nSPS) is 17.0. The molecule has 1 fully saturated rings. The number of halogens is 5. The fourth-order valence-corrected chi connectivity index (χ4v) is 4.93. The van der Waals surface area contributed by atoms with E-state index in [4.69, 9.17) is 21.1 Å². The van der Waals surface area contributed by atoms with Gasteiger partial charge in [-0.1, -0.05) is 18.5 Å². The first-order chi connectivity index (χ1) is 16.4. The molecule has 0 radical (unpaired) electrons. The molecule has 7 nitrogen and oxygen atoms in total. The lowest BCUT2D eigenvalue weighted by Gasteiger charge is -2.19. The number of aromatic nitrogens is 2. The highest BCUT2D eigenvalue weighted by molar-refractivity contribution is 8.00. The molecule has 3 rings (SSSR count). The van der Waals surface area contributed by atoms with Crippen LogP contribution in [0.5, 0.6) is 0 Å². The number of rotatable bonds is 7. The maximum absolute atomic E-state index is 14.8. The smallest absolute Gasteiger partial charge is 0.432 e. The van der Waals surface area contributed by atoms with Crippen molar-refractivity contribution < 1.29 is 31.8 Å². The maximum atomic E-state index is 14.8. The Morgan fingerprint density at radius 2 is 2.03 bits per heavy atom. The van der Waals surface area contributed by atoms with Crippen LogP contribution in [0.25, 0.3) is 5.69 Å². The van der Waals surface area contributed by atoms with E-state index in [2.05, 4.69) is 0 Å². The van der Waals surface area contributed by atoms with E-state index in [1.807, 2.05) is 0 Å². The summed E-state index contributed by atoms with van der Waals surface area (Å²) < 4.78 is 66.6. The molecule has 35 heavy (non-hydrogen) atoms. The molecule has 0 aliphatic carbocycles. The Hall–Kier alpha value is -2.31. The van der Waals surface area contributed by atoms with Gasteiger partial charge in [-0.05, 0) is 38.3 Å². The van der Waals surface area contributed by atoms with Crippen LogP contribution in [-0.2, 0) is 33.9 Å². The zero-order chi connectivity index (χ0) is 26.1. The van der Waals surface area contributed by atoms with Gasteiger partial charge in [0, 0.05) is 24.1 Å². The van der Waals surface area contributed by atoms with Crippen molar-refractivity contribution in [1.29, 1.82) is 0 Å². The van der Waals surface area contributed by atoms with Crippen molar-refractivity contribution in [3.8, 4) is 5.69 Å². The highest BCUT2D eigenvalue weighted by Crippen LogP contribution is 2.34. The van der Waals surface area contributed by atoms with Crippen molar-refractivity contribution in [2.75, 3.05) is 13.2 Å². The summed E-state index contributed by atoms with van der Waals surface area (Å²) in [6, 6.07) is 1.89. The number of benzene rings is 1. The quantitative estimate of drug-likeness (QED) is 0.300. The minimum Gasteiger partial charge on any atom is -0.462 e. The molecule has 0 bridgehead atoms. The summed E-state index contributed by atoms with van der Waals surface area (Å²) in [5.41, 5.74) is -5.32. The summed E-state index contributed by atoms with van der Waals surface area (Å²) in [5.74, 6) is -1.67. The van der Waals surface area contributed by atoms with Crippen LogP contribution >= 0.6 is 23.4 Å². The van der Waals surface area contributed by atoms with E-state index in [0.29, 0.717) is 11.2 Å². The molecule has 0 saturated carbocycles. The van der Waals surface area contributed by atoms with Gasteiger partial charge in [0.2, 0.25) is 0 Å². The molecule has 1 saturated heterocycles. The van der Waals surface area contributed by atoms with Gasteiger partial charge in [0.15, 0.2) is 0 Å². The summed E-state index contributed by atoms with van der Waals surface area (Å²) in [5, 5.41) is -0.909. The first-order valence-corrected chi connectivity index (χ1v) is 12.0. The third-order valence-electron chi connectivity index (χ3n) is 5.50. The highest BCUT2D eigenvalue weighted by atomic mass is 35.5. The van der Waals surface area contributed by atoms with Crippen LogP contribution in [-0.4, -0.2) is 39.7 Å². The van der Waals surface area contributed by atoms with Crippen LogP contribution in [0.1, 0.15) is 37.9 Å². The second kappa shape index (κ2) is 10.8. The van der Waals surface area contributed by atoms with Gasteiger partial charge in [-0.25, -0.2) is 13.8 Å². The zero-order valence-corrected chi connectivity index (χ0v) is 20.7. The molecular formula is C22H23ClF4N2O5S. The van der Waals surface area contributed by atoms with Gasteiger partial charge in [0.05, 0.1) is 16.8 Å². The topological polar surface area (TPSA) is 79.5 Å². The molecule has 2 unspecified atom stereocenters. The Kier molecular flexibility index (Phi) is 8.38. The van der Waals surface area contributed by atoms with Crippen LogP contribution in [0.3, 0.4) is 0 Å². The van der Waals surface area contributed by atoms with Crippen LogP contribution in [0.2, 0.25) is 5.02 Å². The zero-order valence-electron chi connectivity index (χ0n) is 19.1. The van der Waals surface area contributed by atoms with Crippen molar-refractivity contribution in [2.45, 2.75) is 55.5 Å². The summed E-state index contributed by atoms with van der Waals surface area (Å²) >= 11 is 7.01. The lowest BCUT2D eigenvalue weighted by Crippen LogP contribution is -2.44. The molecule has 1 aromatic carbocycles. The molecule has 0 spiro atoms. The van der Waals surface area contributed by atoms with Gasteiger partial charge in [0.1, 0.15) is 23.4 Å². The molecule has 2 heterocycles. The molecule has 0 amide bonds. The molecule has 192 valence electrons. The first-order valence-electron chi connectivity index (χ1n) is 10.7. The molecule has 1 aromatic heterocycles. The predicted octanol–water partition coefficient (Wildman–Crippen LogP) is 4.11. The van der Waals surface area contributed by atoms with Crippen LogP contribution in [0.15, 0.2) is 26.6 Å². The van der Waals surface area contributed by atoms with Crippen LogP contribution in [0.4, 0.5) is 17.6 Å². The number of carbonyl (C=O) groups excluding carboxylic acids is 1. The number of hydrogen-bond acceptors (Lipinski definition) is 6. The van der Waals surface area contributed by atoms with E-state index in [1.165, 1.54) is 13.8 Å². The van der Waals surface area contributed by atoms with Crippen LogP contribution < -0.4 is 11.2 Å². The maximum Gasteiger partial charge on any atom is 0.432 e. The monoisotopic (exact) mass is 538 g/mol. The third kappa shape index (κ3) is 5.75. The van der Waals surface area contributed by atoms with E-state index >= 15 is 0 Å². The Bertz CT molecular complexity index is 1240. The summed E-state index contributed by atoms with van der Waals surface area (Å²) in [4.78, 5) is 38.1. The number of ether oxygens (including phenoxy) is 2.